The van der Waals surface area contributed by atoms with E-state index in [-0.39, 0.29) is 11.9 Å². The topological polar surface area (TPSA) is 41.1 Å². The van der Waals surface area contributed by atoms with Crippen molar-refractivity contribution >= 4 is 16.7 Å². The van der Waals surface area contributed by atoms with Gasteiger partial charge in [0.15, 0.2) is 0 Å². The second-order valence-electron chi connectivity index (χ2n) is 4.81. The molecule has 0 saturated carbocycles. The number of rotatable bonds is 5. The summed E-state index contributed by atoms with van der Waals surface area (Å²) in [7, 11) is 1.89. The Hall–Kier alpha value is -1.87. The molecule has 100 valence electrons. The maximum Gasteiger partial charge on any atom is 0.224 e. The summed E-state index contributed by atoms with van der Waals surface area (Å²) in [6, 6.07) is 14.5. The van der Waals surface area contributed by atoms with Gasteiger partial charge in [-0.2, -0.15) is 0 Å². The standard InChI is InChI=1S/C16H20N2O/c1-12(17-2)11-18-16(19)10-14-8-5-7-13-6-3-4-9-15(13)14/h3-9,12,17H,10-11H2,1-2H3,(H,18,19). The second-order valence-corrected chi connectivity index (χ2v) is 4.81. The molecule has 0 aromatic heterocycles. The van der Waals surface area contributed by atoms with E-state index in [1.54, 1.807) is 0 Å². The molecule has 19 heavy (non-hydrogen) atoms. The number of carbonyl (C=O) groups is 1. The lowest BCUT2D eigenvalue weighted by Gasteiger charge is -2.12. The first-order chi connectivity index (χ1) is 9.20. The zero-order chi connectivity index (χ0) is 13.7. The molecule has 1 amide bonds. The van der Waals surface area contributed by atoms with E-state index in [2.05, 4.69) is 28.8 Å². The Kier molecular flexibility index (Phi) is 4.53. The molecule has 2 N–H and O–H groups in total. The van der Waals surface area contributed by atoms with E-state index >= 15 is 0 Å². The van der Waals surface area contributed by atoms with Crippen LogP contribution in [-0.4, -0.2) is 25.5 Å². The van der Waals surface area contributed by atoms with Gasteiger partial charge in [-0.05, 0) is 30.3 Å². The molecule has 0 aliphatic rings. The number of hydrogen-bond donors (Lipinski definition) is 2. The number of carbonyl (C=O) groups excluding carboxylic acids is 1. The third kappa shape index (κ3) is 3.55. The molecule has 0 fully saturated rings. The van der Waals surface area contributed by atoms with Crippen LogP contribution in [0.1, 0.15) is 12.5 Å². The lowest BCUT2D eigenvalue weighted by molar-refractivity contribution is -0.120. The van der Waals surface area contributed by atoms with Gasteiger partial charge >= 0.3 is 0 Å². The third-order valence-electron chi connectivity index (χ3n) is 3.33. The van der Waals surface area contributed by atoms with Gasteiger partial charge in [-0.3, -0.25) is 4.79 Å². The number of hydrogen-bond acceptors (Lipinski definition) is 2. The van der Waals surface area contributed by atoms with Crippen molar-refractivity contribution in [2.45, 2.75) is 19.4 Å². The summed E-state index contributed by atoms with van der Waals surface area (Å²) in [4.78, 5) is 11.9. The summed E-state index contributed by atoms with van der Waals surface area (Å²) < 4.78 is 0. The van der Waals surface area contributed by atoms with Gasteiger partial charge in [0.2, 0.25) is 5.91 Å². The van der Waals surface area contributed by atoms with Crippen molar-refractivity contribution < 1.29 is 4.79 Å². The zero-order valence-corrected chi connectivity index (χ0v) is 11.4. The molecule has 1 atom stereocenters. The molecular formula is C16H20N2O. The highest BCUT2D eigenvalue weighted by atomic mass is 16.1. The Labute approximate surface area is 114 Å². The van der Waals surface area contributed by atoms with Crippen LogP contribution < -0.4 is 10.6 Å². The SMILES string of the molecule is CNC(C)CNC(=O)Cc1cccc2ccccc12. The molecule has 2 aromatic rings. The number of amides is 1. The minimum Gasteiger partial charge on any atom is -0.354 e. The Bertz CT molecular complexity index is 560. The fraction of sp³-hybridized carbons (Fsp3) is 0.312. The van der Waals surface area contributed by atoms with E-state index in [9.17, 15) is 4.79 Å². The minimum absolute atomic E-state index is 0.0680. The van der Waals surface area contributed by atoms with Crippen LogP contribution >= 0.6 is 0 Å². The van der Waals surface area contributed by atoms with Crippen molar-refractivity contribution in [2.75, 3.05) is 13.6 Å². The summed E-state index contributed by atoms with van der Waals surface area (Å²) in [5.41, 5.74) is 1.08. The van der Waals surface area contributed by atoms with E-state index in [4.69, 9.17) is 0 Å². The Balaban J connectivity index is 2.07. The Morgan fingerprint density at radius 1 is 1.16 bits per heavy atom. The number of fused-ring (bicyclic) bond motifs is 1. The van der Waals surface area contributed by atoms with E-state index < -0.39 is 0 Å². The van der Waals surface area contributed by atoms with Gasteiger partial charge in [-0.15, -0.1) is 0 Å². The first-order valence-corrected chi connectivity index (χ1v) is 6.61. The molecule has 0 aliphatic carbocycles. The van der Waals surface area contributed by atoms with Crippen molar-refractivity contribution in [3.8, 4) is 0 Å². The van der Waals surface area contributed by atoms with E-state index in [0.29, 0.717) is 13.0 Å². The second kappa shape index (κ2) is 6.34. The monoisotopic (exact) mass is 256 g/mol. The zero-order valence-electron chi connectivity index (χ0n) is 11.4. The summed E-state index contributed by atoms with van der Waals surface area (Å²) in [6.45, 7) is 2.69. The molecule has 1 unspecified atom stereocenters. The highest BCUT2D eigenvalue weighted by molar-refractivity contribution is 5.90. The molecule has 0 spiro atoms. The van der Waals surface area contributed by atoms with Crippen molar-refractivity contribution in [2.24, 2.45) is 0 Å². The molecule has 0 radical (unpaired) electrons. The summed E-state index contributed by atoms with van der Waals surface area (Å²) in [5, 5.41) is 8.38. The van der Waals surface area contributed by atoms with Gasteiger partial charge in [-0.25, -0.2) is 0 Å². The van der Waals surface area contributed by atoms with Gasteiger partial charge in [-0.1, -0.05) is 42.5 Å². The van der Waals surface area contributed by atoms with Gasteiger partial charge in [0.1, 0.15) is 0 Å². The fourth-order valence-corrected chi connectivity index (χ4v) is 2.05. The van der Waals surface area contributed by atoms with Gasteiger partial charge in [0.25, 0.3) is 0 Å². The number of nitrogens with one attached hydrogen (secondary N) is 2. The quantitative estimate of drug-likeness (QED) is 0.860. The molecular weight excluding hydrogens is 236 g/mol. The van der Waals surface area contributed by atoms with Crippen molar-refractivity contribution in [1.82, 2.24) is 10.6 Å². The molecule has 3 nitrogen and oxygen atoms in total. The minimum atomic E-state index is 0.0680. The van der Waals surface area contributed by atoms with Crippen LogP contribution in [0.15, 0.2) is 42.5 Å². The largest absolute Gasteiger partial charge is 0.354 e. The predicted molar refractivity (Wildman–Crippen MR) is 79.2 cm³/mol. The van der Waals surface area contributed by atoms with Crippen molar-refractivity contribution in [3.05, 3.63) is 48.0 Å². The first-order valence-electron chi connectivity index (χ1n) is 6.61. The highest BCUT2D eigenvalue weighted by Gasteiger charge is 2.07. The summed E-state index contributed by atoms with van der Waals surface area (Å²) in [6.07, 6.45) is 0.428. The van der Waals surface area contributed by atoms with Crippen LogP contribution in [0.2, 0.25) is 0 Å². The van der Waals surface area contributed by atoms with Gasteiger partial charge in [0.05, 0.1) is 6.42 Å². The van der Waals surface area contributed by atoms with Crippen LogP contribution in [0, 0.1) is 0 Å². The van der Waals surface area contributed by atoms with E-state index in [0.717, 1.165) is 10.9 Å². The van der Waals surface area contributed by atoms with E-state index in [1.165, 1.54) is 5.39 Å². The summed E-state index contributed by atoms with van der Waals surface area (Å²) in [5.74, 6) is 0.0680. The molecule has 0 aliphatic heterocycles. The van der Waals surface area contributed by atoms with Crippen LogP contribution in [0.4, 0.5) is 0 Å². The van der Waals surface area contributed by atoms with Crippen LogP contribution in [-0.2, 0) is 11.2 Å². The molecule has 2 rings (SSSR count). The van der Waals surface area contributed by atoms with Gasteiger partial charge < -0.3 is 10.6 Å². The number of likely N-dealkylation sites (N-methyl/N-ethyl adjacent to an activating group) is 1. The maximum atomic E-state index is 11.9. The molecule has 3 heteroatoms. The van der Waals surface area contributed by atoms with Crippen molar-refractivity contribution in [1.29, 1.82) is 0 Å². The Morgan fingerprint density at radius 2 is 1.89 bits per heavy atom. The van der Waals surface area contributed by atoms with Crippen LogP contribution in [0.25, 0.3) is 10.8 Å². The van der Waals surface area contributed by atoms with E-state index in [1.807, 2.05) is 38.2 Å². The average Bonchev–Trinajstić information content (AvgIpc) is 2.45. The highest BCUT2D eigenvalue weighted by Crippen LogP contribution is 2.18. The first kappa shape index (κ1) is 13.6. The van der Waals surface area contributed by atoms with Gasteiger partial charge in [0, 0.05) is 12.6 Å². The lowest BCUT2D eigenvalue weighted by Crippen LogP contribution is -2.37. The van der Waals surface area contributed by atoms with Crippen LogP contribution in [0.5, 0.6) is 0 Å². The van der Waals surface area contributed by atoms with Crippen molar-refractivity contribution in [3.63, 3.8) is 0 Å². The average molecular weight is 256 g/mol. The molecule has 0 heterocycles. The third-order valence-corrected chi connectivity index (χ3v) is 3.33. The maximum absolute atomic E-state index is 11.9. The molecule has 0 bridgehead atoms. The lowest BCUT2D eigenvalue weighted by atomic mass is 10.0. The molecule has 2 aromatic carbocycles. The normalized spacial score (nSPS) is 12.3. The number of benzene rings is 2. The summed E-state index contributed by atoms with van der Waals surface area (Å²) >= 11 is 0. The van der Waals surface area contributed by atoms with Crippen LogP contribution in [0.3, 0.4) is 0 Å². The predicted octanol–water partition coefficient (Wildman–Crippen LogP) is 2.11. The Morgan fingerprint density at radius 3 is 2.68 bits per heavy atom. The molecule has 0 saturated heterocycles. The smallest absolute Gasteiger partial charge is 0.224 e. The fourth-order valence-electron chi connectivity index (χ4n) is 2.05.